The molecule has 1 unspecified atom stereocenters. The lowest BCUT2D eigenvalue weighted by Gasteiger charge is -2.07. The Morgan fingerprint density at radius 3 is 2.16 bits per heavy atom. The van der Waals surface area contributed by atoms with Crippen LogP contribution in [0.25, 0.3) is 33.5 Å². The monoisotopic (exact) mass is 327 g/mol. The third kappa shape index (κ3) is 2.93. The Balaban J connectivity index is 1.97. The second kappa shape index (κ2) is 6.52. The third-order valence-electron chi connectivity index (χ3n) is 4.71. The topological polar surface area (TPSA) is 41.6 Å². The fraction of sp³-hybridized carbons (Fsp3) is 0.182. The number of rotatable bonds is 4. The van der Waals surface area contributed by atoms with Crippen LogP contribution in [0.1, 0.15) is 32.0 Å². The van der Waals surface area contributed by atoms with Gasteiger partial charge in [0.15, 0.2) is 5.65 Å². The Hall–Kier alpha value is -2.94. The van der Waals surface area contributed by atoms with Gasteiger partial charge in [-0.15, -0.1) is 0 Å². The second-order valence-corrected chi connectivity index (χ2v) is 6.42. The van der Waals surface area contributed by atoms with Crippen LogP contribution < -0.4 is 0 Å². The highest BCUT2D eigenvalue weighted by molar-refractivity contribution is 5.92. The van der Waals surface area contributed by atoms with Crippen LogP contribution in [0.15, 0.2) is 66.7 Å². The first-order valence-corrected chi connectivity index (χ1v) is 8.77. The molecule has 2 aromatic heterocycles. The molecule has 4 rings (SSSR count). The van der Waals surface area contributed by atoms with Gasteiger partial charge in [0.2, 0.25) is 0 Å². The van der Waals surface area contributed by atoms with Crippen molar-refractivity contribution < 1.29 is 0 Å². The van der Waals surface area contributed by atoms with Crippen molar-refractivity contribution in [3.63, 3.8) is 0 Å². The van der Waals surface area contributed by atoms with Crippen LogP contribution in [0, 0.1) is 0 Å². The Morgan fingerprint density at radius 2 is 1.52 bits per heavy atom. The lowest BCUT2D eigenvalue weighted by molar-refractivity contribution is 0.692. The summed E-state index contributed by atoms with van der Waals surface area (Å²) < 4.78 is 0. The van der Waals surface area contributed by atoms with Crippen molar-refractivity contribution in [3.05, 3.63) is 72.6 Å². The van der Waals surface area contributed by atoms with Crippen LogP contribution in [0.5, 0.6) is 0 Å². The summed E-state index contributed by atoms with van der Waals surface area (Å²) in [4.78, 5) is 13.1. The molecular formula is C22H21N3. The molecule has 2 aromatic carbocycles. The Morgan fingerprint density at radius 1 is 0.880 bits per heavy atom. The predicted octanol–water partition coefficient (Wildman–Crippen LogP) is 5.81. The van der Waals surface area contributed by atoms with E-state index < -0.39 is 0 Å². The van der Waals surface area contributed by atoms with E-state index >= 15 is 0 Å². The molecule has 2 heterocycles. The van der Waals surface area contributed by atoms with E-state index in [1.54, 1.807) is 0 Å². The molecule has 0 fully saturated rings. The van der Waals surface area contributed by atoms with E-state index in [4.69, 9.17) is 9.97 Å². The minimum Gasteiger partial charge on any atom is -0.340 e. The first-order valence-electron chi connectivity index (χ1n) is 8.77. The third-order valence-corrected chi connectivity index (χ3v) is 4.71. The van der Waals surface area contributed by atoms with Crippen molar-refractivity contribution >= 4 is 11.2 Å². The summed E-state index contributed by atoms with van der Waals surface area (Å²) in [6.07, 6.45) is 1.05. The second-order valence-electron chi connectivity index (χ2n) is 6.42. The van der Waals surface area contributed by atoms with E-state index in [0.717, 1.165) is 40.2 Å². The number of aromatic amines is 1. The van der Waals surface area contributed by atoms with Crippen LogP contribution in [-0.4, -0.2) is 15.0 Å². The molecule has 3 nitrogen and oxygen atoms in total. The fourth-order valence-corrected chi connectivity index (χ4v) is 3.03. The van der Waals surface area contributed by atoms with E-state index in [0.29, 0.717) is 5.92 Å². The number of imidazole rings is 1. The molecule has 0 aliphatic carbocycles. The summed E-state index contributed by atoms with van der Waals surface area (Å²) >= 11 is 0. The number of pyridine rings is 1. The van der Waals surface area contributed by atoms with Gasteiger partial charge in [-0.3, -0.25) is 0 Å². The van der Waals surface area contributed by atoms with Crippen LogP contribution >= 0.6 is 0 Å². The molecule has 0 spiro atoms. The van der Waals surface area contributed by atoms with Crippen molar-refractivity contribution in [1.29, 1.82) is 0 Å². The molecule has 0 amide bonds. The van der Waals surface area contributed by atoms with Gasteiger partial charge in [-0.25, -0.2) is 9.97 Å². The van der Waals surface area contributed by atoms with Gasteiger partial charge in [0.25, 0.3) is 0 Å². The van der Waals surface area contributed by atoms with E-state index in [1.165, 1.54) is 5.56 Å². The van der Waals surface area contributed by atoms with Crippen LogP contribution in [0.3, 0.4) is 0 Å². The average molecular weight is 327 g/mol. The molecule has 3 heteroatoms. The standard InChI is InChI=1S/C22H21N3/c1-3-15(2)21-24-20-18(16-10-6-4-7-11-16)14-19(23-22(20)25-21)17-12-8-5-9-13-17/h4-15H,3H2,1-2H3,(H,23,24,25). The highest BCUT2D eigenvalue weighted by atomic mass is 15.0. The van der Waals surface area contributed by atoms with Crippen molar-refractivity contribution in [1.82, 2.24) is 15.0 Å². The van der Waals surface area contributed by atoms with E-state index in [-0.39, 0.29) is 0 Å². The molecule has 0 saturated carbocycles. The number of nitrogens with zero attached hydrogens (tertiary/aromatic N) is 2. The summed E-state index contributed by atoms with van der Waals surface area (Å²) in [5.41, 5.74) is 6.18. The lowest BCUT2D eigenvalue weighted by Crippen LogP contribution is -1.93. The summed E-state index contributed by atoms with van der Waals surface area (Å²) in [7, 11) is 0. The van der Waals surface area contributed by atoms with Crippen molar-refractivity contribution in [2.24, 2.45) is 0 Å². The maximum absolute atomic E-state index is 4.83. The molecule has 0 radical (unpaired) electrons. The highest BCUT2D eigenvalue weighted by Gasteiger charge is 2.15. The molecule has 0 aliphatic rings. The van der Waals surface area contributed by atoms with Gasteiger partial charge in [0, 0.05) is 17.0 Å². The average Bonchev–Trinajstić information content (AvgIpc) is 3.12. The zero-order valence-electron chi connectivity index (χ0n) is 14.5. The zero-order chi connectivity index (χ0) is 17.2. The van der Waals surface area contributed by atoms with E-state index in [2.05, 4.69) is 61.3 Å². The number of hydrogen-bond acceptors (Lipinski definition) is 2. The number of fused-ring (bicyclic) bond motifs is 1. The number of H-pyrrole nitrogens is 1. The molecule has 25 heavy (non-hydrogen) atoms. The number of hydrogen-bond donors (Lipinski definition) is 1. The van der Waals surface area contributed by atoms with Crippen LogP contribution in [-0.2, 0) is 0 Å². The van der Waals surface area contributed by atoms with Gasteiger partial charge in [0.05, 0.1) is 11.2 Å². The van der Waals surface area contributed by atoms with Gasteiger partial charge in [-0.2, -0.15) is 0 Å². The van der Waals surface area contributed by atoms with Crippen molar-refractivity contribution in [2.75, 3.05) is 0 Å². The van der Waals surface area contributed by atoms with Crippen molar-refractivity contribution in [3.8, 4) is 22.4 Å². The minimum atomic E-state index is 0.387. The SMILES string of the molecule is CCC(C)c1nc2nc(-c3ccccc3)cc(-c3ccccc3)c2[nH]1. The van der Waals surface area contributed by atoms with Crippen molar-refractivity contribution in [2.45, 2.75) is 26.2 Å². The molecule has 124 valence electrons. The number of aromatic nitrogens is 3. The number of nitrogens with one attached hydrogen (secondary N) is 1. The Labute approximate surface area is 147 Å². The highest BCUT2D eigenvalue weighted by Crippen LogP contribution is 2.32. The Kier molecular flexibility index (Phi) is 4.06. The van der Waals surface area contributed by atoms with Gasteiger partial charge in [0.1, 0.15) is 5.82 Å². The molecule has 4 aromatic rings. The molecule has 1 N–H and O–H groups in total. The van der Waals surface area contributed by atoms with Gasteiger partial charge in [-0.05, 0) is 18.1 Å². The quantitative estimate of drug-likeness (QED) is 0.514. The molecular weight excluding hydrogens is 306 g/mol. The molecule has 0 saturated heterocycles. The Bertz CT molecular complexity index is 988. The lowest BCUT2D eigenvalue weighted by atomic mass is 10.0. The predicted molar refractivity (Wildman–Crippen MR) is 103 cm³/mol. The van der Waals surface area contributed by atoms with Gasteiger partial charge >= 0.3 is 0 Å². The summed E-state index contributed by atoms with van der Waals surface area (Å²) in [6, 6.07) is 22.9. The molecule has 1 atom stereocenters. The largest absolute Gasteiger partial charge is 0.340 e. The smallest absolute Gasteiger partial charge is 0.178 e. The maximum Gasteiger partial charge on any atom is 0.178 e. The minimum absolute atomic E-state index is 0.387. The van der Waals surface area contributed by atoms with E-state index in [1.807, 2.05) is 24.3 Å². The normalized spacial score (nSPS) is 12.4. The molecule has 0 bridgehead atoms. The number of benzene rings is 2. The molecule has 0 aliphatic heterocycles. The van der Waals surface area contributed by atoms with Gasteiger partial charge < -0.3 is 4.98 Å². The van der Waals surface area contributed by atoms with Gasteiger partial charge in [-0.1, -0.05) is 74.5 Å². The fourth-order valence-electron chi connectivity index (χ4n) is 3.03. The summed E-state index contributed by atoms with van der Waals surface area (Å²) in [6.45, 7) is 4.37. The van der Waals surface area contributed by atoms with Crippen LogP contribution in [0.2, 0.25) is 0 Å². The summed E-state index contributed by atoms with van der Waals surface area (Å²) in [5.74, 6) is 1.39. The van der Waals surface area contributed by atoms with Crippen LogP contribution in [0.4, 0.5) is 0 Å². The maximum atomic E-state index is 4.83. The van der Waals surface area contributed by atoms with E-state index in [9.17, 15) is 0 Å². The summed E-state index contributed by atoms with van der Waals surface area (Å²) in [5, 5.41) is 0. The first-order chi connectivity index (χ1) is 12.3. The first kappa shape index (κ1) is 15.6. The zero-order valence-corrected chi connectivity index (χ0v) is 14.5.